The first-order chi connectivity index (χ1) is 6.43. The summed E-state index contributed by atoms with van der Waals surface area (Å²) in [7, 11) is 0. The Labute approximate surface area is 82.5 Å². The van der Waals surface area contributed by atoms with Gasteiger partial charge in [0.15, 0.2) is 0 Å². The molecule has 1 aromatic carbocycles. The molecule has 4 nitrogen and oxygen atoms in total. The molecule has 1 atom stereocenters. The molecule has 1 amide bonds. The summed E-state index contributed by atoms with van der Waals surface area (Å²) < 4.78 is 0. The normalized spacial score (nSPS) is 12.5. The average Bonchev–Trinajstić information content (AvgIpc) is 2.12. The van der Waals surface area contributed by atoms with Gasteiger partial charge in [-0.25, -0.2) is 0 Å². The van der Waals surface area contributed by atoms with Crippen molar-refractivity contribution in [2.75, 3.05) is 0 Å². The average molecular weight is 194 g/mol. The van der Waals surface area contributed by atoms with Gasteiger partial charge in [-0.15, -0.1) is 0 Å². The molecule has 0 spiro atoms. The Hall–Kier alpha value is -1.55. The van der Waals surface area contributed by atoms with Gasteiger partial charge in [-0.05, 0) is 30.5 Å². The Balaban J connectivity index is 3.19. The first kappa shape index (κ1) is 10.5. The number of aryl methyl sites for hydroxylation is 2. The van der Waals surface area contributed by atoms with E-state index in [9.17, 15) is 9.90 Å². The molecular formula is C10H14N2O2. The molecule has 1 rings (SSSR count). The zero-order valence-corrected chi connectivity index (χ0v) is 8.24. The second-order valence-electron chi connectivity index (χ2n) is 3.38. The molecule has 0 fully saturated rings. The van der Waals surface area contributed by atoms with E-state index >= 15 is 0 Å². The van der Waals surface area contributed by atoms with Crippen molar-refractivity contribution in [2.45, 2.75) is 19.9 Å². The van der Waals surface area contributed by atoms with Gasteiger partial charge in [0, 0.05) is 0 Å². The fourth-order valence-corrected chi connectivity index (χ4v) is 1.33. The topological polar surface area (TPSA) is 89.3 Å². The zero-order valence-electron chi connectivity index (χ0n) is 8.24. The summed E-state index contributed by atoms with van der Waals surface area (Å²) in [6.07, 6.45) is 0. The minimum atomic E-state index is -0.812. The smallest absolute Gasteiger partial charge is 0.238 e. The maximum absolute atomic E-state index is 10.8. The maximum Gasteiger partial charge on any atom is 0.238 e. The van der Waals surface area contributed by atoms with Gasteiger partial charge in [-0.3, -0.25) is 4.79 Å². The summed E-state index contributed by atoms with van der Waals surface area (Å²) in [4.78, 5) is 10.8. The molecular weight excluding hydrogens is 180 g/mol. The summed E-state index contributed by atoms with van der Waals surface area (Å²) in [6.45, 7) is 3.50. The lowest BCUT2D eigenvalue weighted by atomic mass is 10.0. The van der Waals surface area contributed by atoms with Crippen molar-refractivity contribution in [1.29, 1.82) is 0 Å². The standard InChI is InChI=1S/C10H14N2O2/c1-5-3-7(8(11)10(12)14)4-6(2)9(5)13/h3-4,8,13H,11H2,1-2H3,(H2,12,14). The molecule has 5 N–H and O–H groups in total. The molecule has 14 heavy (non-hydrogen) atoms. The van der Waals surface area contributed by atoms with Crippen molar-refractivity contribution in [3.63, 3.8) is 0 Å². The van der Waals surface area contributed by atoms with Gasteiger partial charge in [0.05, 0.1) is 0 Å². The number of nitrogens with two attached hydrogens (primary N) is 2. The predicted octanol–water partition coefficient (Wildman–Crippen LogP) is 0.494. The Bertz CT molecular complexity index is 351. The molecule has 0 saturated heterocycles. The SMILES string of the molecule is Cc1cc(C(N)C(N)=O)cc(C)c1O. The lowest BCUT2D eigenvalue weighted by Gasteiger charge is -2.11. The van der Waals surface area contributed by atoms with E-state index in [2.05, 4.69) is 0 Å². The number of carbonyl (C=O) groups excluding carboxylic acids is 1. The van der Waals surface area contributed by atoms with Gasteiger partial charge in [0.1, 0.15) is 11.8 Å². The number of phenols is 1. The Morgan fingerprint density at radius 1 is 1.36 bits per heavy atom. The highest BCUT2D eigenvalue weighted by molar-refractivity contribution is 5.81. The molecule has 0 aromatic heterocycles. The Morgan fingerprint density at radius 3 is 2.14 bits per heavy atom. The van der Waals surface area contributed by atoms with Crippen LogP contribution in [0.2, 0.25) is 0 Å². The van der Waals surface area contributed by atoms with Crippen LogP contribution in [0, 0.1) is 13.8 Å². The van der Waals surface area contributed by atoms with Gasteiger partial charge in [-0.1, -0.05) is 12.1 Å². The monoisotopic (exact) mass is 194 g/mol. The van der Waals surface area contributed by atoms with Crippen molar-refractivity contribution >= 4 is 5.91 Å². The number of hydrogen-bond donors (Lipinski definition) is 3. The minimum absolute atomic E-state index is 0.227. The van der Waals surface area contributed by atoms with Gasteiger partial charge in [-0.2, -0.15) is 0 Å². The largest absolute Gasteiger partial charge is 0.507 e. The van der Waals surface area contributed by atoms with Crippen LogP contribution < -0.4 is 11.5 Å². The highest BCUT2D eigenvalue weighted by Crippen LogP contribution is 2.25. The first-order valence-corrected chi connectivity index (χ1v) is 4.28. The highest BCUT2D eigenvalue weighted by atomic mass is 16.3. The van der Waals surface area contributed by atoms with E-state index < -0.39 is 11.9 Å². The Morgan fingerprint density at radius 2 is 1.79 bits per heavy atom. The summed E-state index contributed by atoms with van der Waals surface area (Å²) in [5.41, 5.74) is 12.7. The van der Waals surface area contributed by atoms with E-state index in [1.807, 2.05) is 0 Å². The molecule has 4 heteroatoms. The van der Waals surface area contributed by atoms with Crippen molar-refractivity contribution in [3.05, 3.63) is 28.8 Å². The number of primary amides is 1. The van der Waals surface area contributed by atoms with Crippen LogP contribution >= 0.6 is 0 Å². The van der Waals surface area contributed by atoms with Crippen LogP contribution in [0.25, 0.3) is 0 Å². The molecule has 0 heterocycles. The van der Waals surface area contributed by atoms with Gasteiger partial charge in [0.25, 0.3) is 0 Å². The van der Waals surface area contributed by atoms with E-state index in [4.69, 9.17) is 11.5 Å². The van der Waals surface area contributed by atoms with Crippen LogP contribution in [0.4, 0.5) is 0 Å². The molecule has 0 aliphatic heterocycles. The Kier molecular flexibility index (Phi) is 2.76. The van der Waals surface area contributed by atoms with E-state index in [0.717, 1.165) is 0 Å². The summed E-state index contributed by atoms with van der Waals surface area (Å²) >= 11 is 0. The second-order valence-corrected chi connectivity index (χ2v) is 3.38. The molecule has 76 valence electrons. The number of hydrogen-bond acceptors (Lipinski definition) is 3. The van der Waals surface area contributed by atoms with Gasteiger partial charge >= 0.3 is 0 Å². The lowest BCUT2D eigenvalue weighted by molar-refractivity contribution is -0.119. The van der Waals surface area contributed by atoms with Crippen LogP contribution in [0.3, 0.4) is 0 Å². The molecule has 1 aromatic rings. The van der Waals surface area contributed by atoms with E-state index in [0.29, 0.717) is 16.7 Å². The van der Waals surface area contributed by atoms with Crippen molar-refractivity contribution in [1.82, 2.24) is 0 Å². The van der Waals surface area contributed by atoms with Crippen molar-refractivity contribution < 1.29 is 9.90 Å². The zero-order chi connectivity index (χ0) is 10.9. The fourth-order valence-electron chi connectivity index (χ4n) is 1.33. The van der Waals surface area contributed by atoms with Crippen LogP contribution in [0.15, 0.2) is 12.1 Å². The van der Waals surface area contributed by atoms with Crippen LogP contribution in [-0.2, 0) is 4.79 Å². The van der Waals surface area contributed by atoms with E-state index in [1.165, 1.54) is 0 Å². The maximum atomic E-state index is 10.8. The third-order valence-electron chi connectivity index (χ3n) is 2.18. The predicted molar refractivity (Wildman–Crippen MR) is 53.7 cm³/mol. The fraction of sp³-hybridized carbons (Fsp3) is 0.300. The number of amides is 1. The van der Waals surface area contributed by atoms with Gasteiger partial charge in [0.2, 0.25) is 5.91 Å². The second kappa shape index (κ2) is 3.67. The number of rotatable bonds is 2. The number of carbonyl (C=O) groups is 1. The van der Waals surface area contributed by atoms with E-state index in [-0.39, 0.29) is 5.75 Å². The lowest BCUT2D eigenvalue weighted by Crippen LogP contribution is -2.28. The summed E-state index contributed by atoms with van der Waals surface area (Å²) in [5, 5.41) is 9.49. The first-order valence-electron chi connectivity index (χ1n) is 4.28. The van der Waals surface area contributed by atoms with Crippen LogP contribution in [0.1, 0.15) is 22.7 Å². The molecule has 0 bridgehead atoms. The van der Waals surface area contributed by atoms with E-state index in [1.54, 1.807) is 26.0 Å². The molecule has 0 saturated carbocycles. The number of benzene rings is 1. The van der Waals surface area contributed by atoms with Crippen LogP contribution in [-0.4, -0.2) is 11.0 Å². The third-order valence-corrected chi connectivity index (χ3v) is 2.18. The number of aromatic hydroxyl groups is 1. The van der Waals surface area contributed by atoms with Crippen molar-refractivity contribution in [3.8, 4) is 5.75 Å². The highest BCUT2D eigenvalue weighted by Gasteiger charge is 2.14. The van der Waals surface area contributed by atoms with Crippen LogP contribution in [0.5, 0.6) is 5.75 Å². The van der Waals surface area contributed by atoms with Gasteiger partial charge < -0.3 is 16.6 Å². The number of phenolic OH excluding ortho intramolecular Hbond substituents is 1. The molecule has 0 radical (unpaired) electrons. The van der Waals surface area contributed by atoms with Crippen molar-refractivity contribution in [2.24, 2.45) is 11.5 Å². The molecule has 1 unspecified atom stereocenters. The summed E-state index contributed by atoms with van der Waals surface area (Å²) in [6, 6.07) is 2.52. The summed E-state index contributed by atoms with van der Waals surface area (Å²) in [5.74, 6) is -0.347. The third kappa shape index (κ3) is 1.85. The quantitative estimate of drug-likeness (QED) is 0.640. The minimum Gasteiger partial charge on any atom is -0.507 e. The molecule has 0 aliphatic carbocycles. The molecule has 0 aliphatic rings.